The molecule has 0 aromatic heterocycles. The van der Waals surface area contributed by atoms with Crippen molar-refractivity contribution in [1.82, 2.24) is 15.5 Å². The number of likely N-dealkylation sites (tertiary alicyclic amines) is 1. The maximum Gasteiger partial charge on any atom is 0.407 e. The molecular weight excluding hydrogens is 384 g/mol. The Labute approximate surface area is 180 Å². The van der Waals surface area contributed by atoms with Crippen molar-refractivity contribution < 1.29 is 19.0 Å². The maximum atomic E-state index is 12.0. The third-order valence-electron chi connectivity index (χ3n) is 4.44. The van der Waals surface area contributed by atoms with Gasteiger partial charge in [-0.15, -0.1) is 0 Å². The minimum Gasteiger partial charge on any atom is -0.493 e. The van der Waals surface area contributed by atoms with E-state index in [0.717, 1.165) is 25.5 Å². The van der Waals surface area contributed by atoms with Crippen LogP contribution in [0, 0.1) is 0 Å². The van der Waals surface area contributed by atoms with E-state index in [1.165, 1.54) is 0 Å². The van der Waals surface area contributed by atoms with Crippen LogP contribution in [0.2, 0.25) is 0 Å². The summed E-state index contributed by atoms with van der Waals surface area (Å²) < 4.78 is 16.7. The SMILES string of the molecule is CCNC(=NCC(C)Oc1ccccc1OC)N1CCC(NC(=O)OC(C)(C)C)C1. The van der Waals surface area contributed by atoms with E-state index in [4.69, 9.17) is 19.2 Å². The van der Waals surface area contributed by atoms with E-state index in [0.29, 0.717) is 24.6 Å². The van der Waals surface area contributed by atoms with Gasteiger partial charge in [-0.25, -0.2) is 9.79 Å². The van der Waals surface area contributed by atoms with Gasteiger partial charge in [0.25, 0.3) is 0 Å². The molecule has 0 radical (unpaired) electrons. The van der Waals surface area contributed by atoms with E-state index < -0.39 is 5.60 Å². The summed E-state index contributed by atoms with van der Waals surface area (Å²) in [5.74, 6) is 2.23. The Kier molecular flexibility index (Phi) is 8.62. The van der Waals surface area contributed by atoms with Crippen molar-refractivity contribution in [1.29, 1.82) is 0 Å². The number of hydrogen-bond acceptors (Lipinski definition) is 5. The number of carbonyl (C=O) groups excluding carboxylic acids is 1. The number of carbonyl (C=O) groups is 1. The lowest BCUT2D eigenvalue weighted by Crippen LogP contribution is -2.44. The number of nitrogens with zero attached hydrogens (tertiary/aromatic N) is 2. The van der Waals surface area contributed by atoms with Gasteiger partial charge in [-0.05, 0) is 53.2 Å². The van der Waals surface area contributed by atoms with E-state index in [1.54, 1.807) is 7.11 Å². The molecule has 2 N–H and O–H groups in total. The first kappa shape index (κ1) is 23.6. The molecule has 2 unspecified atom stereocenters. The number of methoxy groups -OCH3 is 1. The summed E-state index contributed by atoms with van der Waals surface area (Å²) >= 11 is 0. The van der Waals surface area contributed by atoms with Gasteiger partial charge in [0.05, 0.1) is 19.7 Å². The van der Waals surface area contributed by atoms with Crippen LogP contribution < -0.4 is 20.1 Å². The first-order valence-corrected chi connectivity index (χ1v) is 10.5. The number of alkyl carbamates (subject to hydrolysis) is 1. The second-order valence-electron chi connectivity index (χ2n) is 8.35. The van der Waals surface area contributed by atoms with E-state index >= 15 is 0 Å². The number of amides is 1. The topological polar surface area (TPSA) is 84.4 Å². The highest BCUT2D eigenvalue weighted by Gasteiger charge is 2.28. The molecule has 8 heteroatoms. The Morgan fingerprint density at radius 3 is 2.63 bits per heavy atom. The smallest absolute Gasteiger partial charge is 0.407 e. The number of rotatable bonds is 7. The number of aliphatic imine (C=N–C) groups is 1. The molecule has 2 atom stereocenters. The fraction of sp³-hybridized carbons (Fsp3) is 0.636. The van der Waals surface area contributed by atoms with Gasteiger partial charge >= 0.3 is 6.09 Å². The van der Waals surface area contributed by atoms with E-state index in [1.807, 2.05) is 58.9 Å². The molecule has 168 valence electrons. The van der Waals surface area contributed by atoms with Gasteiger partial charge in [-0.2, -0.15) is 0 Å². The average molecular weight is 421 g/mol. The molecule has 1 aliphatic heterocycles. The molecule has 1 aliphatic rings. The highest BCUT2D eigenvalue weighted by molar-refractivity contribution is 5.80. The predicted octanol–water partition coefficient (Wildman–Crippen LogP) is 3.03. The van der Waals surface area contributed by atoms with Crippen molar-refractivity contribution in [2.45, 2.75) is 58.8 Å². The number of ether oxygens (including phenoxy) is 3. The lowest BCUT2D eigenvalue weighted by atomic mass is 10.2. The van der Waals surface area contributed by atoms with Crippen molar-refractivity contribution >= 4 is 12.1 Å². The summed E-state index contributed by atoms with van der Waals surface area (Å²) in [5, 5.41) is 6.28. The van der Waals surface area contributed by atoms with E-state index in [-0.39, 0.29) is 18.2 Å². The monoisotopic (exact) mass is 420 g/mol. The summed E-state index contributed by atoms with van der Waals surface area (Å²) in [6.07, 6.45) is 0.347. The molecule has 0 spiro atoms. The first-order valence-electron chi connectivity index (χ1n) is 10.5. The zero-order valence-electron chi connectivity index (χ0n) is 19.0. The molecule has 1 heterocycles. The summed E-state index contributed by atoms with van der Waals surface area (Å²) in [4.78, 5) is 18.9. The lowest BCUT2D eigenvalue weighted by Gasteiger charge is -2.24. The number of guanidine groups is 1. The zero-order chi connectivity index (χ0) is 22.1. The summed E-state index contributed by atoms with van der Waals surface area (Å²) in [6.45, 7) is 12.4. The second kappa shape index (κ2) is 10.9. The molecule has 1 aromatic carbocycles. The highest BCUT2D eigenvalue weighted by atomic mass is 16.6. The van der Waals surface area contributed by atoms with Crippen LogP contribution in [-0.4, -0.2) is 68.0 Å². The van der Waals surface area contributed by atoms with Crippen molar-refractivity contribution in [2.75, 3.05) is 33.3 Å². The Hall–Kier alpha value is -2.64. The van der Waals surface area contributed by atoms with Gasteiger partial charge in [0.1, 0.15) is 11.7 Å². The van der Waals surface area contributed by atoms with Crippen molar-refractivity contribution in [3.05, 3.63) is 24.3 Å². The number of nitrogens with one attached hydrogen (secondary N) is 2. The van der Waals surface area contributed by atoms with Crippen LogP contribution in [-0.2, 0) is 4.74 Å². The molecule has 2 rings (SSSR count). The van der Waals surface area contributed by atoms with E-state index in [2.05, 4.69) is 15.5 Å². The van der Waals surface area contributed by atoms with Gasteiger partial charge in [-0.1, -0.05) is 12.1 Å². The Morgan fingerprint density at radius 1 is 1.30 bits per heavy atom. The summed E-state index contributed by atoms with van der Waals surface area (Å²) in [7, 11) is 1.63. The minimum absolute atomic E-state index is 0.0333. The normalized spacial score (nSPS) is 18.0. The van der Waals surface area contributed by atoms with Crippen LogP contribution >= 0.6 is 0 Å². The number of benzene rings is 1. The van der Waals surface area contributed by atoms with Crippen LogP contribution in [0.4, 0.5) is 4.79 Å². The van der Waals surface area contributed by atoms with Crippen LogP contribution in [0.3, 0.4) is 0 Å². The van der Waals surface area contributed by atoms with Crippen LogP contribution in [0.15, 0.2) is 29.3 Å². The van der Waals surface area contributed by atoms with Gasteiger partial charge in [0.15, 0.2) is 17.5 Å². The van der Waals surface area contributed by atoms with Crippen LogP contribution in [0.25, 0.3) is 0 Å². The van der Waals surface area contributed by atoms with Crippen molar-refractivity contribution in [3.8, 4) is 11.5 Å². The molecule has 8 nitrogen and oxygen atoms in total. The second-order valence-corrected chi connectivity index (χ2v) is 8.35. The van der Waals surface area contributed by atoms with Gasteiger partial charge in [0.2, 0.25) is 0 Å². The Morgan fingerprint density at radius 2 is 2.00 bits per heavy atom. The molecule has 30 heavy (non-hydrogen) atoms. The van der Waals surface area contributed by atoms with Gasteiger partial charge < -0.3 is 29.7 Å². The molecule has 1 saturated heterocycles. The Balaban J connectivity index is 1.91. The van der Waals surface area contributed by atoms with Crippen LogP contribution in [0.1, 0.15) is 41.0 Å². The quantitative estimate of drug-likeness (QED) is 0.521. The predicted molar refractivity (Wildman–Crippen MR) is 118 cm³/mol. The molecule has 1 fully saturated rings. The Bertz CT molecular complexity index is 717. The molecule has 0 bridgehead atoms. The molecule has 1 aromatic rings. The maximum absolute atomic E-state index is 12.0. The highest BCUT2D eigenvalue weighted by Crippen LogP contribution is 2.26. The minimum atomic E-state index is -0.504. The fourth-order valence-electron chi connectivity index (χ4n) is 3.16. The van der Waals surface area contributed by atoms with Gasteiger partial charge in [0, 0.05) is 19.6 Å². The van der Waals surface area contributed by atoms with E-state index in [9.17, 15) is 4.79 Å². The molecule has 0 saturated carbocycles. The standard InChI is InChI=1S/C22H36N4O4/c1-7-23-20(24-14-16(2)29-19-11-9-8-10-18(19)28-6)26-13-12-17(15-26)25-21(27)30-22(3,4)5/h8-11,16-17H,7,12-15H2,1-6H3,(H,23,24)(H,25,27). The largest absolute Gasteiger partial charge is 0.493 e. The first-order chi connectivity index (χ1) is 14.2. The lowest BCUT2D eigenvalue weighted by molar-refractivity contribution is 0.0507. The summed E-state index contributed by atoms with van der Waals surface area (Å²) in [5.41, 5.74) is -0.504. The van der Waals surface area contributed by atoms with Crippen molar-refractivity contribution in [3.63, 3.8) is 0 Å². The van der Waals surface area contributed by atoms with Crippen LogP contribution in [0.5, 0.6) is 11.5 Å². The third-order valence-corrected chi connectivity index (χ3v) is 4.44. The third kappa shape index (κ3) is 7.65. The zero-order valence-corrected chi connectivity index (χ0v) is 19.0. The number of hydrogen-bond donors (Lipinski definition) is 2. The number of para-hydroxylation sites is 2. The fourth-order valence-corrected chi connectivity index (χ4v) is 3.16. The molecule has 0 aliphatic carbocycles. The summed E-state index contributed by atoms with van der Waals surface area (Å²) in [6, 6.07) is 7.62. The molecule has 1 amide bonds. The average Bonchev–Trinajstić information content (AvgIpc) is 3.12. The van der Waals surface area contributed by atoms with Gasteiger partial charge in [-0.3, -0.25) is 0 Å². The van der Waals surface area contributed by atoms with Crippen molar-refractivity contribution in [2.24, 2.45) is 4.99 Å². The molecular formula is C22H36N4O4.